The Labute approximate surface area is 143 Å². The lowest BCUT2D eigenvalue weighted by Crippen LogP contribution is -2.19. The van der Waals surface area contributed by atoms with E-state index in [4.69, 9.17) is 4.74 Å². The molecular formula is C17H19Br2NO. The molecule has 0 aliphatic rings. The Morgan fingerprint density at radius 2 is 1.86 bits per heavy atom. The van der Waals surface area contributed by atoms with E-state index in [1.807, 2.05) is 26.1 Å². The van der Waals surface area contributed by atoms with Crippen LogP contribution in [0.25, 0.3) is 0 Å². The van der Waals surface area contributed by atoms with Gasteiger partial charge in [0.05, 0.1) is 12.6 Å². The third-order valence-corrected chi connectivity index (χ3v) is 4.55. The molecule has 0 aromatic heterocycles. The van der Waals surface area contributed by atoms with Gasteiger partial charge in [-0.15, -0.1) is 0 Å². The summed E-state index contributed by atoms with van der Waals surface area (Å²) in [4.78, 5) is 0. The van der Waals surface area contributed by atoms with Gasteiger partial charge in [0.15, 0.2) is 0 Å². The third kappa shape index (κ3) is 3.87. The van der Waals surface area contributed by atoms with Crippen molar-refractivity contribution in [3.8, 4) is 5.75 Å². The molecular weight excluding hydrogens is 394 g/mol. The Bertz CT molecular complexity index is 628. The van der Waals surface area contributed by atoms with E-state index in [-0.39, 0.29) is 6.04 Å². The van der Waals surface area contributed by atoms with Gasteiger partial charge in [-0.05, 0) is 50.7 Å². The molecule has 1 atom stereocenters. The van der Waals surface area contributed by atoms with Crippen molar-refractivity contribution in [2.75, 3.05) is 13.7 Å². The summed E-state index contributed by atoms with van der Waals surface area (Å²) in [6.45, 7) is 4.76. The van der Waals surface area contributed by atoms with E-state index in [9.17, 15) is 0 Å². The highest BCUT2D eigenvalue weighted by Gasteiger charge is 2.19. The van der Waals surface area contributed by atoms with Crippen LogP contribution in [0.1, 0.15) is 29.7 Å². The van der Waals surface area contributed by atoms with Crippen molar-refractivity contribution in [1.82, 2.24) is 5.32 Å². The molecule has 0 spiro atoms. The third-order valence-electron chi connectivity index (χ3n) is 3.33. The van der Waals surface area contributed by atoms with Crippen molar-refractivity contribution in [2.45, 2.75) is 19.9 Å². The molecule has 0 amide bonds. The fourth-order valence-corrected chi connectivity index (χ4v) is 3.25. The van der Waals surface area contributed by atoms with Gasteiger partial charge in [0.2, 0.25) is 0 Å². The summed E-state index contributed by atoms with van der Waals surface area (Å²) >= 11 is 7.21. The highest BCUT2D eigenvalue weighted by atomic mass is 79.9. The molecule has 4 heteroatoms. The second-order valence-electron chi connectivity index (χ2n) is 4.86. The number of aryl methyl sites for hydroxylation is 1. The van der Waals surface area contributed by atoms with Gasteiger partial charge < -0.3 is 10.1 Å². The van der Waals surface area contributed by atoms with Crippen molar-refractivity contribution < 1.29 is 4.74 Å². The van der Waals surface area contributed by atoms with E-state index in [0.29, 0.717) is 6.61 Å². The van der Waals surface area contributed by atoms with E-state index in [0.717, 1.165) is 20.3 Å². The second kappa shape index (κ2) is 7.43. The van der Waals surface area contributed by atoms with E-state index < -0.39 is 0 Å². The monoisotopic (exact) mass is 411 g/mol. The van der Waals surface area contributed by atoms with Crippen molar-refractivity contribution in [2.24, 2.45) is 0 Å². The average molecular weight is 413 g/mol. The predicted octanol–water partition coefficient (Wildman–Crippen LogP) is 5.23. The maximum atomic E-state index is 5.79. The number of benzene rings is 2. The standard InChI is InChI=1S/C17H19Br2NO/c1-4-21-16-8-6-12(18)10-14(16)17(20-3)13-9-11(2)5-7-15(13)19/h5-10,17,20H,4H2,1-3H3. The van der Waals surface area contributed by atoms with Crippen LogP contribution in [0.3, 0.4) is 0 Å². The molecule has 0 fully saturated rings. The Hall–Kier alpha value is -0.840. The van der Waals surface area contributed by atoms with E-state index >= 15 is 0 Å². The largest absolute Gasteiger partial charge is 0.494 e. The van der Waals surface area contributed by atoms with Crippen LogP contribution in [-0.4, -0.2) is 13.7 Å². The van der Waals surface area contributed by atoms with Crippen molar-refractivity contribution in [3.63, 3.8) is 0 Å². The van der Waals surface area contributed by atoms with Crippen LogP contribution in [0.15, 0.2) is 45.3 Å². The maximum Gasteiger partial charge on any atom is 0.124 e. The minimum absolute atomic E-state index is 0.0679. The van der Waals surface area contributed by atoms with Crippen LogP contribution in [0.2, 0.25) is 0 Å². The summed E-state index contributed by atoms with van der Waals surface area (Å²) in [6, 6.07) is 12.6. The minimum Gasteiger partial charge on any atom is -0.494 e. The molecule has 2 nitrogen and oxygen atoms in total. The number of hydrogen-bond donors (Lipinski definition) is 1. The molecule has 1 unspecified atom stereocenters. The maximum absolute atomic E-state index is 5.79. The Morgan fingerprint density at radius 3 is 2.52 bits per heavy atom. The van der Waals surface area contributed by atoms with Gasteiger partial charge in [-0.2, -0.15) is 0 Å². The lowest BCUT2D eigenvalue weighted by Gasteiger charge is -2.22. The fourth-order valence-electron chi connectivity index (χ4n) is 2.39. The van der Waals surface area contributed by atoms with Crippen LogP contribution in [0, 0.1) is 6.92 Å². The van der Waals surface area contributed by atoms with Gasteiger partial charge in [0.25, 0.3) is 0 Å². The molecule has 2 rings (SSSR count). The smallest absolute Gasteiger partial charge is 0.124 e. The molecule has 2 aromatic rings. The zero-order chi connectivity index (χ0) is 15.4. The normalized spacial score (nSPS) is 12.2. The fraction of sp³-hybridized carbons (Fsp3) is 0.294. The van der Waals surface area contributed by atoms with Gasteiger partial charge in [0, 0.05) is 14.5 Å². The molecule has 0 saturated carbocycles. The zero-order valence-electron chi connectivity index (χ0n) is 12.4. The van der Waals surface area contributed by atoms with Gasteiger partial charge in [-0.3, -0.25) is 0 Å². The molecule has 112 valence electrons. The molecule has 1 N–H and O–H groups in total. The molecule has 0 saturated heterocycles. The number of hydrogen-bond acceptors (Lipinski definition) is 2. The van der Waals surface area contributed by atoms with E-state index in [1.165, 1.54) is 11.1 Å². The predicted molar refractivity (Wildman–Crippen MR) is 95.1 cm³/mol. The summed E-state index contributed by atoms with van der Waals surface area (Å²) in [5.41, 5.74) is 3.57. The molecule has 0 aliphatic heterocycles. The summed E-state index contributed by atoms with van der Waals surface area (Å²) in [5, 5.41) is 3.40. The number of nitrogens with one attached hydrogen (secondary N) is 1. The molecule has 0 bridgehead atoms. The van der Waals surface area contributed by atoms with Crippen LogP contribution < -0.4 is 10.1 Å². The van der Waals surface area contributed by atoms with Crippen LogP contribution in [-0.2, 0) is 0 Å². The first-order valence-corrected chi connectivity index (χ1v) is 8.51. The summed E-state index contributed by atoms with van der Waals surface area (Å²) in [6.07, 6.45) is 0. The Kier molecular flexibility index (Phi) is 5.85. The van der Waals surface area contributed by atoms with Crippen molar-refractivity contribution >= 4 is 31.9 Å². The molecule has 21 heavy (non-hydrogen) atoms. The number of rotatable bonds is 5. The van der Waals surface area contributed by atoms with E-state index in [2.05, 4.69) is 68.4 Å². The Morgan fingerprint density at radius 1 is 1.10 bits per heavy atom. The molecule has 2 aromatic carbocycles. The number of halogens is 2. The lowest BCUT2D eigenvalue weighted by molar-refractivity contribution is 0.334. The first-order valence-electron chi connectivity index (χ1n) is 6.92. The number of ether oxygens (including phenoxy) is 1. The van der Waals surface area contributed by atoms with Crippen LogP contribution >= 0.6 is 31.9 Å². The second-order valence-corrected chi connectivity index (χ2v) is 6.63. The lowest BCUT2D eigenvalue weighted by atomic mass is 9.96. The van der Waals surface area contributed by atoms with Crippen molar-refractivity contribution in [3.05, 3.63) is 62.0 Å². The minimum atomic E-state index is 0.0679. The topological polar surface area (TPSA) is 21.3 Å². The van der Waals surface area contributed by atoms with E-state index in [1.54, 1.807) is 0 Å². The summed E-state index contributed by atoms with van der Waals surface area (Å²) in [5.74, 6) is 0.911. The quantitative estimate of drug-likeness (QED) is 0.725. The average Bonchev–Trinajstić information content (AvgIpc) is 2.46. The van der Waals surface area contributed by atoms with Gasteiger partial charge in [0.1, 0.15) is 5.75 Å². The van der Waals surface area contributed by atoms with Gasteiger partial charge in [-0.25, -0.2) is 0 Å². The summed E-state index contributed by atoms with van der Waals surface area (Å²) < 4.78 is 7.93. The van der Waals surface area contributed by atoms with Crippen LogP contribution in [0.4, 0.5) is 0 Å². The molecule has 0 radical (unpaired) electrons. The highest BCUT2D eigenvalue weighted by Crippen LogP contribution is 2.35. The first-order chi connectivity index (χ1) is 10.1. The molecule has 0 heterocycles. The first kappa shape index (κ1) is 16.5. The zero-order valence-corrected chi connectivity index (χ0v) is 15.6. The molecule has 0 aliphatic carbocycles. The van der Waals surface area contributed by atoms with Crippen molar-refractivity contribution in [1.29, 1.82) is 0 Å². The highest BCUT2D eigenvalue weighted by molar-refractivity contribution is 9.10. The van der Waals surface area contributed by atoms with Gasteiger partial charge >= 0.3 is 0 Å². The summed E-state index contributed by atoms with van der Waals surface area (Å²) in [7, 11) is 1.97. The Balaban J connectivity index is 2.55. The van der Waals surface area contributed by atoms with Crippen LogP contribution in [0.5, 0.6) is 5.75 Å². The van der Waals surface area contributed by atoms with Gasteiger partial charge in [-0.1, -0.05) is 49.6 Å². The SMILES string of the molecule is CCOc1ccc(Br)cc1C(NC)c1cc(C)ccc1Br.